The van der Waals surface area contributed by atoms with E-state index in [-0.39, 0.29) is 6.10 Å². The van der Waals surface area contributed by atoms with E-state index < -0.39 is 11.7 Å². The minimum atomic E-state index is -4.31. The highest BCUT2D eigenvalue weighted by Crippen LogP contribution is 2.37. The Morgan fingerprint density at radius 1 is 1.10 bits per heavy atom. The van der Waals surface area contributed by atoms with Crippen LogP contribution in [0, 0.1) is 6.92 Å². The van der Waals surface area contributed by atoms with Crippen molar-refractivity contribution in [1.82, 2.24) is 0 Å². The van der Waals surface area contributed by atoms with Gasteiger partial charge in [0.2, 0.25) is 0 Å². The molecule has 110 valence electrons. The topological polar surface area (TPSA) is 21.3 Å². The fourth-order valence-corrected chi connectivity index (χ4v) is 2.43. The third kappa shape index (κ3) is 2.68. The molecule has 1 heterocycles. The van der Waals surface area contributed by atoms with Gasteiger partial charge in [0.15, 0.2) is 0 Å². The zero-order valence-electron chi connectivity index (χ0n) is 11.4. The summed E-state index contributed by atoms with van der Waals surface area (Å²) in [5.74, 6) is 0.728. The summed E-state index contributed by atoms with van der Waals surface area (Å²) in [7, 11) is 0. The molecule has 1 aliphatic heterocycles. The normalized spacial score (nSPS) is 17.6. The first-order valence-electron chi connectivity index (χ1n) is 6.62. The highest BCUT2D eigenvalue weighted by Gasteiger charge is 2.30. The second-order valence-electron chi connectivity index (χ2n) is 5.06. The molecule has 2 aromatic carbocycles. The van der Waals surface area contributed by atoms with Gasteiger partial charge < -0.3 is 10.1 Å². The molecule has 0 bridgehead atoms. The summed E-state index contributed by atoms with van der Waals surface area (Å²) in [5, 5.41) is 3.28. The predicted molar refractivity (Wildman–Crippen MR) is 74.5 cm³/mol. The largest absolute Gasteiger partial charge is 0.482 e. The molecule has 0 spiro atoms. The van der Waals surface area contributed by atoms with Crippen LogP contribution < -0.4 is 10.1 Å². The second-order valence-corrected chi connectivity index (χ2v) is 5.06. The second kappa shape index (κ2) is 4.98. The highest BCUT2D eigenvalue weighted by molar-refractivity contribution is 5.63. The lowest BCUT2D eigenvalue weighted by atomic mass is 10.0. The van der Waals surface area contributed by atoms with Crippen LogP contribution in [0.2, 0.25) is 0 Å². The molecule has 0 radical (unpaired) electrons. The predicted octanol–water partition coefficient (Wildman–Crippen LogP) is 4.56. The fourth-order valence-electron chi connectivity index (χ4n) is 2.43. The Hall–Kier alpha value is -2.17. The third-order valence-corrected chi connectivity index (χ3v) is 3.58. The molecule has 21 heavy (non-hydrogen) atoms. The number of rotatable bonds is 1. The lowest BCUT2D eigenvalue weighted by Gasteiger charge is -2.28. The van der Waals surface area contributed by atoms with Gasteiger partial charge in [-0.25, -0.2) is 0 Å². The van der Waals surface area contributed by atoms with Crippen LogP contribution in [0.3, 0.4) is 0 Å². The van der Waals surface area contributed by atoms with Crippen molar-refractivity contribution in [2.24, 2.45) is 0 Å². The lowest BCUT2D eigenvalue weighted by molar-refractivity contribution is -0.137. The Morgan fingerprint density at radius 3 is 2.48 bits per heavy atom. The molecular weight excluding hydrogens is 279 g/mol. The number of fused-ring (bicyclic) bond motifs is 1. The van der Waals surface area contributed by atoms with Crippen molar-refractivity contribution in [1.29, 1.82) is 0 Å². The minimum Gasteiger partial charge on any atom is -0.482 e. The van der Waals surface area contributed by atoms with Crippen molar-refractivity contribution in [2.75, 3.05) is 11.9 Å². The van der Waals surface area contributed by atoms with Crippen LogP contribution in [-0.4, -0.2) is 6.54 Å². The fraction of sp³-hybridized carbons (Fsp3) is 0.250. The first kappa shape index (κ1) is 13.8. The van der Waals surface area contributed by atoms with Gasteiger partial charge in [0.1, 0.15) is 11.9 Å². The Labute approximate surface area is 120 Å². The molecule has 0 saturated carbocycles. The van der Waals surface area contributed by atoms with E-state index in [9.17, 15) is 13.2 Å². The molecule has 3 rings (SSSR count). The zero-order valence-corrected chi connectivity index (χ0v) is 11.4. The molecule has 1 aliphatic rings. The van der Waals surface area contributed by atoms with Gasteiger partial charge in [-0.05, 0) is 36.2 Å². The van der Waals surface area contributed by atoms with E-state index in [0.717, 1.165) is 34.7 Å². The number of anilines is 1. The van der Waals surface area contributed by atoms with Gasteiger partial charge in [-0.3, -0.25) is 0 Å². The van der Waals surface area contributed by atoms with Gasteiger partial charge in [0.05, 0.1) is 17.8 Å². The smallest absolute Gasteiger partial charge is 0.416 e. The van der Waals surface area contributed by atoms with Gasteiger partial charge in [-0.2, -0.15) is 13.2 Å². The standard InChI is InChI=1S/C16H14F3NO/c1-10-3-2-4-13-15(10)20-9-14(21-13)11-5-7-12(8-6-11)16(17,18)19/h2-8,14,20H,9H2,1H3. The number of hydrogen-bond donors (Lipinski definition) is 1. The number of nitrogens with one attached hydrogen (secondary N) is 1. The van der Waals surface area contributed by atoms with E-state index in [1.807, 2.05) is 25.1 Å². The zero-order chi connectivity index (χ0) is 15.0. The Balaban J connectivity index is 1.83. The summed E-state index contributed by atoms with van der Waals surface area (Å²) in [5.41, 5.74) is 2.10. The molecule has 2 aromatic rings. The van der Waals surface area contributed by atoms with Crippen molar-refractivity contribution in [3.8, 4) is 5.75 Å². The van der Waals surface area contributed by atoms with Crippen molar-refractivity contribution >= 4 is 5.69 Å². The number of aryl methyl sites for hydroxylation is 1. The van der Waals surface area contributed by atoms with Gasteiger partial charge in [0, 0.05) is 0 Å². The SMILES string of the molecule is Cc1cccc2c1NCC(c1ccc(C(F)(F)F)cc1)O2. The highest BCUT2D eigenvalue weighted by atomic mass is 19.4. The van der Waals surface area contributed by atoms with Crippen LogP contribution in [-0.2, 0) is 6.18 Å². The molecule has 0 amide bonds. The summed E-state index contributed by atoms with van der Waals surface area (Å²) in [6.07, 6.45) is -4.60. The maximum atomic E-state index is 12.6. The number of hydrogen-bond acceptors (Lipinski definition) is 2. The average Bonchev–Trinajstić information content (AvgIpc) is 2.46. The Bertz CT molecular complexity index is 650. The van der Waals surface area contributed by atoms with E-state index in [4.69, 9.17) is 4.74 Å². The summed E-state index contributed by atoms with van der Waals surface area (Å²) < 4.78 is 43.6. The Morgan fingerprint density at radius 2 is 1.81 bits per heavy atom. The third-order valence-electron chi connectivity index (χ3n) is 3.58. The first-order chi connectivity index (χ1) is 9.95. The van der Waals surface area contributed by atoms with E-state index in [2.05, 4.69) is 5.32 Å². The van der Waals surface area contributed by atoms with Crippen LogP contribution in [0.1, 0.15) is 22.8 Å². The van der Waals surface area contributed by atoms with Crippen molar-refractivity contribution < 1.29 is 17.9 Å². The van der Waals surface area contributed by atoms with E-state index >= 15 is 0 Å². The van der Waals surface area contributed by atoms with E-state index in [0.29, 0.717) is 6.54 Å². The monoisotopic (exact) mass is 293 g/mol. The molecule has 1 N–H and O–H groups in total. The van der Waals surface area contributed by atoms with Gasteiger partial charge in [0.25, 0.3) is 0 Å². The summed E-state index contributed by atoms with van der Waals surface area (Å²) >= 11 is 0. The van der Waals surface area contributed by atoms with Crippen molar-refractivity contribution in [2.45, 2.75) is 19.2 Å². The summed E-state index contributed by atoms with van der Waals surface area (Å²) in [4.78, 5) is 0. The van der Waals surface area contributed by atoms with Crippen LogP contribution in [0.15, 0.2) is 42.5 Å². The summed E-state index contributed by atoms with van der Waals surface area (Å²) in [6, 6.07) is 10.8. The molecule has 1 unspecified atom stereocenters. The minimum absolute atomic E-state index is 0.290. The molecule has 5 heteroatoms. The van der Waals surface area contributed by atoms with E-state index in [1.165, 1.54) is 12.1 Å². The number of alkyl halides is 3. The summed E-state index contributed by atoms with van der Waals surface area (Å²) in [6.45, 7) is 2.51. The number of para-hydroxylation sites is 1. The maximum Gasteiger partial charge on any atom is 0.416 e. The van der Waals surface area contributed by atoms with Crippen LogP contribution in [0.25, 0.3) is 0 Å². The van der Waals surface area contributed by atoms with Crippen molar-refractivity contribution in [3.63, 3.8) is 0 Å². The molecule has 0 saturated heterocycles. The quantitative estimate of drug-likeness (QED) is 0.832. The maximum absolute atomic E-state index is 12.6. The van der Waals surface area contributed by atoms with Gasteiger partial charge in [-0.1, -0.05) is 24.3 Å². The lowest BCUT2D eigenvalue weighted by Crippen LogP contribution is -2.24. The van der Waals surface area contributed by atoms with Gasteiger partial charge in [-0.15, -0.1) is 0 Å². The molecule has 0 fully saturated rings. The van der Waals surface area contributed by atoms with E-state index in [1.54, 1.807) is 0 Å². The van der Waals surface area contributed by atoms with Crippen LogP contribution in [0.5, 0.6) is 5.75 Å². The van der Waals surface area contributed by atoms with Crippen LogP contribution in [0.4, 0.5) is 18.9 Å². The number of ether oxygens (including phenoxy) is 1. The van der Waals surface area contributed by atoms with Crippen LogP contribution >= 0.6 is 0 Å². The Kier molecular flexibility index (Phi) is 3.27. The molecule has 1 atom stereocenters. The number of halogens is 3. The average molecular weight is 293 g/mol. The molecule has 2 nitrogen and oxygen atoms in total. The molecule has 0 aromatic heterocycles. The molecule has 0 aliphatic carbocycles. The number of benzene rings is 2. The van der Waals surface area contributed by atoms with Gasteiger partial charge >= 0.3 is 6.18 Å². The molecular formula is C16H14F3NO. The van der Waals surface area contributed by atoms with Crippen molar-refractivity contribution in [3.05, 3.63) is 59.2 Å². The first-order valence-corrected chi connectivity index (χ1v) is 6.62.